The zero-order valence-corrected chi connectivity index (χ0v) is 20.0. The lowest BCUT2D eigenvalue weighted by atomic mass is 10.0. The molecule has 2 aromatic rings. The Kier molecular flexibility index (Phi) is 6.11. The van der Waals surface area contributed by atoms with Crippen LogP contribution in [0.3, 0.4) is 0 Å². The van der Waals surface area contributed by atoms with Crippen LogP contribution in [0.4, 0.5) is 0 Å². The van der Waals surface area contributed by atoms with Crippen molar-refractivity contribution in [2.45, 2.75) is 47.9 Å². The van der Waals surface area contributed by atoms with Crippen molar-refractivity contribution in [3.05, 3.63) is 48.0 Å². The maximum atomic E-state index is 13.5. The molecule has 33 heavy (non-hydrogen) atoms. The number of ether oxygens (including phenoxy) is 2. The number of sulfonamides is 2. The minimum atomic E-state index is -3.79. The van der Waals surface area contributed by atoms with Gasteiger partial charge in [0.2, 0.25) is 20.0 Å². The Morgan fingerprint density at radius 3 is 2.03 bits per heavy atom. The second kappa shape index (κ2) is 8.90. The predicted molar refractivity (Wildman–Crippen MR) is 122 cm³/mol. The van der Waals surface area contributed by atoms with Crippen LogP contribution in [0.1, 0.15) is 43.7 Å². The lowest BCUT2D eigenvalue weighted by Crippen LogP contribution is -2.31. The summed E-state index contributed by atoms with van der Waals surface area (Å²) in [6.07, 6.45) is 3.96. The molecule has 3 aliphatic heterocycles. The molecule has 8 nitrogen and oxygen atoms in total. The van der Waals surface area contributed by atoms with Gasteiger partial charge in [-0.2, -0.15) is 8.61 Å². The number of hydrogen-bond donors (Lipinski definition) is 0. The molecule has 5 rings (SSSR count). The Morgan fingerprint density at radius 1 is 0.697 bits per heavy atom. The monoisotopic (exact) mass is 492 g/mol. The first-order valence-electron chi connectivity index (χ1n) is 11.4. The highest BCUT2D eigenvalue weighted by atomic mass is 32.2. The molecule has 0 amide bonds. The minimum absolute atomic E-state index is 0.101. The molecule has 2 saturated heterocycles. The van der Waals surface area contributed by atoms with E-state index in [1.54, 1.807) is 0 Å². The van der Waals surface area contributed by atoms with Crippen LogP contribution in [-0.2, 0) is 20.0 Å². The molecule has 178 valence electrons. The van der Waals surface area contributed by atoms with E-state index in [1.165, 1.54) is 32.9 Å². The molecule has 0 N–H and O–H groups in total. The van der Waals surface area contributed by atoms with Crippen LogP contribution in [-0.4, -0.2) is 58.3 Å². The maximum absolute atomic E-state index is 13.5. The molecule has 3 heterocycles. The molecule has 0 unspecified atom stereocenters. The SMILES string of the molecule is O=S(=O)(c1ccc(S(=O)(=O)N2CCC[C@@H]2c2ccc3c(c2)OCCCO3)cc1)N1CCCC1. The Morgan fingerprint density at radius 2 is 1.33 bits per heavy atom. The van der Waals surface area contributed by atoms with E-state index in [2.05, 4.69) is 0 Å². The quantitative estimate of drug-likeness (QED) is 0.637. The summed E-state index contributed by atoms with van der Waals surface area (Å²) in [5, 5.41) is 0. The highest BCUT2D eigenvalue weighted by Gasteiger charge is 2.37. The van der Waals surface area contributed by atoms with Crippen molar-refractivity contribution < 1.29 is 26.3 Å². The summed E-state index contributed by atoms with van der Waals surface area (Å²) in [5.74, 6) is 1.32. The number of benzene rings is 2. The third-order valence-corrected chi connectivity index (χ3v) is 10.3. The molecule has 0 aliphatic carbocycles. The fourth-order valence-corrected chi connectivity index (χ4v) is 7.94. The third-order valence-electron chi connectivity index (χ3n) is 6.49. The summed E-state index contributed by atoms with van der Waals surface area (Å²) in [7, 11) is -7.38. The summed E-state index contributed by atoms with van der Waals surface area (Å²) in [6, 6.07) is 10.9. The van der Waals surface area contributed by atoms with E-state index in [4.69, 9.17) is 9.47 Å². The molecule has 2 aromatic carbocycles. The fourth-order valence-electron chi connectivity index (χ4n) is 4.74. The summed E-state index contributed by atoms with van der Waals surface area (Å²) in [6.45, 7) is 2.59. The van der Waals surface area contributed by atoms with E-state index < -0.39 is 20.0 Å². The Hall–Kier alpha value is -2.14. The van der Waals surface area contributed by atoms with Gasteiger partial charge in [-0.15, -0.1) is 0 Å². The molecule has 0 bridgehead atoms. The average molecular weight is 493 g/mol. The van der Waals surface area contributed by atoms with Crippen molar-refractivity contribution in [1.82, 2.24) is 8.61 Å². The average Bonchev–Trinajstić information content (AvgIpc) is 3.48. The van der Waals surface area contributed by atoms with Crippen LogP contribution >= 0.6 is 0 Å². The van der Waals surface area contributed by atoms with Crippen molar-refractivity contribution >= 4 is 20.0 Å². The zero-order chi connectivity index (χ0) is 23.1. The predicted octanol–water partition coefficient (Wildman–Crippen LogP) is 3.16. The van der Waals surface area contributed by atoms with E-state index in [9.17, 15) is 16.8 Å². The Labute approximate surface area is 195 Å². The van der Waals surface area contributed by atoms with Gasteiger partial charge in [0.15, 0.2) is 11.5 Å². The van der Waals surface area contributed by atoms with Crippen molar-refractivity contribution in [3.63, 3.8) is 0 Å². The van der Waals surface area contributed by atoms with Crippen molar-refractivity contribution in [1.29, 1.82) is 0 Å². The van der Waals surface area contributed by atoms with Gasteiger partial charge in [0.05, 0.1) is 29.0 Å². The largest absolute Gasteiger partial charge is 0.490 e. The van der Waals surface area contributed by atoms with Gasteiger partial charge >= 0.3 is 0 Å². The van der Waals surface area contributed by atoms with E-state index in [1.807, 2.05) is 18.2 Å². The van der Waals surface area contributed by atoms with Crippen LogP contribution in [0.25, 0.3) is 0 Å². The number of rotatable bonds is 5. The lowest BCUT2D eigenvalue weighted by Gasteiger charge is -2.25. The van der Waals surface area contributed by atoms with E-state index >= 15 is 0 Å². The molecule has 0 aromatic heterocycles. The molecule has 3 aliphatic rings. The van der Waals surface area contributed by atoms with Gasteiger partial charge in [-0.3, -0.25) is 0 Å². The smallest absolute Gasteiger partial charge is 0.243 e. The van der Waals surface area contributed by atoms with Crippen LogP contribution in [0.2, 0.25) is 0 Å². The Bertz CT molecular complexity index is 1220. The summed E-state index contributed by atoms with van der Waals surface area (Å²) in [4.78, 5) is 0.230. The van der Waals surface area contributed by atoms with Crippen LogP contribution in [0, 0.1) is 0 Å². The molecule has 0 radical (unpaired) electrons. The summed E-state index contributed by atoms with van der Waals surface area (Å²) < 4.78 is 67.0. The van der Waals surface area contributed by atoms with E-state index in [-0.39, 0.29) is 15.8 Å². The third kappa shape index (κ3) is 4.25. The van der Waals surface area contributed by atoms with E-state index in [0.29, 0.717) is 50.8 Å². The van der Waals surface area contributed by atoms with Crippen LogP contribution in [0.5, 0.6) is 11.5 Å². The van der Waals surface area contributed by atoms with Gasteiger partial charge in [-0.25, -0.2) is 16.8 Å². The summed E-state index contributed by atoms with van der Waals surface area (Å²) in [5.41, 5.74) is 0.869. The van der Waals surface area contributed by atoms with Gasteiger partial charge in [-0.1, -0.05) is 6.07 Å². The highest BCUT2D eigenvalue weighted by molar-refractivity contribution is 7.89. The normalized spacial score (nSPS) is 22.4. The van der Waals surface area contributed by atoms with Crippen LogP contribution < -0.4 is 9.47 Å². The van der Waals surface area contributed by atoms with E-state index in [0.717, 1.165) is 31.2 Å². The summed E-state index contributed by atoms with van der Waals surface area (Å²) >= 11 is 0. The Balaban J connectivity index is 1.40. The second-order valence-corrected chi connectivity index (χ2v) is 12.4. The maximum Gasteiger partial charge on any atom is 0.243 e. The number of fused-ring (bicyclic) bond motifs is 1. The van der Waals surface area contributed by atoms with Gasteiger partial charge in [0, 0.05) is 26.1 Å². The van der Waals surface area contributed by atoms with Crippen molar-refractivity contribution in [2.24, 2.45) is 0 Å². The molecule has 1 atom stereocenters. The first-order valence-corrected chi connectivity index (χ1v) is 14.3. The first kappa shape index (κ1) is 22.6. The van der Waals surface area contributed by atoms with Crippen LogP contribution in [0.15, 0.2) is 52.3 Å². The molecular formula is C23H28N2O6S2. The first-order chi connectivity index (χ1) is 15.9. The zero-order valence-electron chi connectivity index (χ0n) is 18.4. The highest BCUT2D eigenvalue weighted by Crippen LogP contribution is 2.40. The van der Waals surface area contributed by atoms with Crippen molar-refractivity contribution in [2.75, 3.05) is 32.8 Å². The van der Waals surface area contributed by atoms with Gasteiger partial charge in [0.25, 0.3) is 0 Å². The van der Waals surface area contributed by atoms with Gasteiger partial charge in [0.1, 0.15) is 0 Å². The standard InChI is InChI=1S/C23H28N2O6S2/c26-32(27,24-12-1-2-13-24)19-7-9-20(10-8-19)33(28,29)25-14-3-5-21(25)18-6-11-22-23(17-18)31-16-4-15-30-22/h6-11,17,21H,1-5,12-16H2/t21-/m1/s1. The van der Waals surface area contributed by atoms with Gasteiger partial charge < -0.3 is 9.47 Å². The molecule has 10 heteroatoms. The van der Waals surface area contributed by atoms with Gasteiger partial charge in [-0.05, 0) is 67.6 Å². The molecule has 2 fully saturated rings. The topological polar surface area (TPSA) is 93.2 Å². The molecule has 0 saturated carbocycles. The fraction of sp³-hybridized carbons (Fsp3) is 0.478. The van der Waals surface area contributed by atoms with Crippen molar-refractivity contribution in [3.8, 4) is 11.5 Å². The lowest BCUT2D eigenvalue weighted by molar-refractivity contribution is 0.296. The molecule has 0 spiro atoms. The number of hydrogen-bond acceptors (Lipinski definition) is 6. The second-order valence-electron chi connectivity index (χ2n) is 8.61. The minimum Gasteiger partial charge on any atom is -0.490 e. The number of nitrogens with zero attached hydrogens (tertiary/aromatic N) is 2. The molecular weight excluding hydrogens is 464 g/mol.